The normalized spacial score (nSPS) is 31.7. The molecule has 0 aromatic heterocycles. The van der Waals surface area contributed by atoms with Gasteiger partial charge in [0.15, 0.2) is 0 Å². The molecule has 3 aliphatic rings. The van der Waals surface area contributed by atoms with Gasteiger partial charge in [0.25, 0.3) is 0 Å². The minimum Gasteiger partial charge on any atom is -0.306 e. The van der Waals surface area contributed by atoms with E-state index in [4.69, 9.17) is 0 Å². The first-order valence-electron chi connectivity index (χ1n) is 7.47. The lowest BCUT2D eigenvalue weighted by molar-refractivity contribution is 0.0162. The molecule has 4 heteroatoms. The molecule has 0 aromatic carbocycles. The van der Waals surface area contributed by atoms with E-state index in [1.165, 1.54) is 71.5 Å². The van der Waals surface area contributed by atoms with E-state index in [0.29, 0.717) is 5.41 Å². The molecular weight excluding hydrogens is 337 g/mol. The first-order valence-corrected chi connectivity index (χ1v) is 8.43. The molecule has 3 aliphatic heterocycles. The van der Waals surface area contributed by atoms with Crippen molar-refractivity contribution in [2.45, 2.75) is 25.7 Å². The van der Waals surface area contributed by atoms with Gasteiger partial charge < -0.3 is 9.80 Å². The van der Waals surface area contributed by atoms with Crippen LogP contribution in [-0.4, -0.2) is 65.8 Å². The molecule has 0 amide bonds. The number of halogens is 1. The number of piperidine rings is 2. The highest BCUT2D eigenvalue weighted by Gasteiger charge is 2.38. The SMILES string of the molecule is CN1CCC2(CCCN(CC3CN(I)C3)C2)CC1. The predicted octanol–water partition coefficient (Wildman–Crippen LogP) is 2.08. The molecule has 104 valence electrons. The lowest BCUT2D eigenvalue weighted by atomic mass is 9.72. The Morgan fingerprint density at radius 3 is 2.50 bits per heavy atom. The molecule has 0 N–H and O–H groups in total. The minimum absolute atomic E-state index is 0.679. The maximum atomic E-state index is 2.78. The molecule has 0 aromatic rings. The molecule has 0 bridgehead atoms. The summed E-state index contributed by atoms with van der Waals surface area (Å²) in [6, 6.07) is 0. The Bertz CT molecular complexity index is 283. The van der Waals surface area contributed by atoms with Crippen LogP contribution in [0, 0.1) is 11.3 Å². The molecule has 18 heavy (non-hydrogen) atoms. The molecule has 0 atom stereocenters. The molecular formula is C14H26IN3. The highest BCUT2D eigenvalue weighted by molar-refractivity contribution is 14.1. The molecule has 0 saturated carbocycles. The summed E-state index contributed by atoms with van der Waals surface area (Å²) < 4.78 is 2.41. The van der Waals surface area contributed by atoms with E-state index in [1.54, 1.807) is 0 Å². The monoisotopic (exact) mass is 363 g/mol. The summed E-state index contributed by atoms with van der Waals surface area (Å²) in [7, 11) is 2.27. The van der Waals surface area contributed by atoms with Gasteiger partial charge in [0.2, 0.25) is 0 Å². The maximum Gasteiger partial charge on any atom is 0.0201 e. The minimum atomic E-state index is 0.679. The zero-order chi connectivity index (χ0) is 12.6. The van der Waals surface area contributed by atoms with Crippen LogP contribution < -0.4 is 0 Å². The predicted molar refractivity (Wildman–Crippen MR) is 83.9 cm³/mol. The van der Waals surface area contributed by atoms with E-state index in [0.717, 1.165) is 5.92 Å². The highest BCUT2D eigenvalue weighted by atomic mass is 127. The number of likely N-dealkylation sites (tertiary alicyclic amines) is 2. The number of hydrogen-bond acceptors (Lipinski definition) is 3. The topological polar surface area (TPSA) is 9.72 Å². The molecule has 3 rings (SSSR count). The van der Waals surface area contributed by atoms with Gasteiger partial charge in [-0.05, 0) is 63.7 Å². The number of rotatable bonds is 2. The van der Waals surface area contributed by atoms with Gasteiger partial charge >= 0.3 is 0 Å². The summed E-state index contributed by atoms with van der Waals surface area (Å²) in [5.74, 6) is 0.948. The Labute approximate surface area is 125 Å². The second-order valence-corrected chi connectivity index (χ2v) is 8.20. The summed E-state index contributed by atoms with van der Waals surface area (Å²) in [6.45, 7) is 9.36. The Morgan fingerprint density at radius 2 is 1.83 bits per heavy atom. The molecule has 3 nitrogen and oxygen atoms in total. The van der Waals surface area contributed by atoms with Crippen LogP contribution >= 0.6 is 22.9 Å². The summed E-state index contributed by atoms with van der Waals surface area (Å²) in [4.78, 5) is 5.28. The summed E-state index contributed by atoms with van der Waals surface area (Å²) in [5.41, 5.74) is 0.679. The fourth-order valence-corrected chi connectivity index (χ4v) is 5.07. The summed E-state index contributed by atoms with van der Waals surface area (Å²) in [6.07, 6.45) is 5.79. The van der Waals surface area contributed by atoms with E-state index in [-0.39, 0.29) is 0 Å². The van der Waals surface area contributed by atoms with Crippen LogP contribution in [0.15, 0.2) is 0 Å². The van der Waals surface area contributed by atoms with Crippen molar-refractivity contribution in [1.29, 1.82) is 0 Å². The second kappa shape index (κ2) is 5.54. The van der Waals surface area contributed by atoms with Crippen LogP contribution in [-0.2, 0) is 0 Å². The van der Waals surface area contributed by atoms with E-state index < -0.39 is 0 Å². The molecule has 1 spiro atoms. The third-order valence-electron chi connectivity index (χ3n) is 5.22. The van der Waals surface area contributed by atoms with Gasteiger partial charge in [0.05, 0.1) is 0 Å². The van der Waals surface area contributed by atoms with Crippen LogP contribution in [0.1, 0.15) is 25.7 Å². The van der Waals surface area contributed by atoms with Crippen molar-refractivity contribution in [3.05, 3.63) is 0 Å². The van der Waals surface area contributed by atoms with Crippen LogP contribution in [0.3, 0.4) is 0 Å². The Hall–Kier alpha value is 0.610. The lowest BCUT2D eigenvalue weighted by Gasteiger charge is -2.49. The van der Waals surface area contributed by atoms with Crippen molar-refractivity contribution in [3.63, 3.8) is 0 Å². The third-order valence-corrected chi connectivity index (χ3v) is 6.00. The Balaban J connectivity index is 1.52. The second-order valence-electron chi connectivity index (χ2n) is 6.84. The standard InChI is InChI=1S/C14H26IN3/c1-16-7-4-14(5-8-16)3-2-6-17(12-14)9-13-10-18(15)11-13/h13H,2-12H2,1H3. The van der Waals surface area contributed by atoms with Crippen LogP contribution in [0.25, 0.3) is 0 Å². The smallest absolute Gasteiger partial charge is 0.0201 e. The maximum absolute atomic E-state index is 2.78. The van der Waals surface area contributed by atoms with Gasteiger partial charge in [-0.2, -0.15) is 0 Å². The van der Waals surface area contributed by atoms with Crippen molar-refractivity contribution < 1.29 is 0 Å². The first kappa shape index (κ1) is 13.6. The zero-order valence-corrected chi connectivity index (χ0v) is 13.7. The largest absolute Gasteiger partial charge is 0.306 e. The van der Waals surface area contributed by atoms with Crippen LogP contribution in [0.4, 0.5) is 0 Å². The molecule has 0 radical (unpaired) electrons. The van der Waals surface area contributed by atoms with Gasteiger partial charge in [-0.15, -0.1) is 0 Å². The average molecular weight is 363 g/mol. The third kappa shape index (κ3) is 3.02. The van der Waals surface area contributed by atoms with Crippen molar-refractivity contribution in [1.82, 2.24) is 12.9 Å². The van der Waals surface area contributed by atoms with Crippen LogP contribution in [0.2, 0.25) is 0 Å². The van der Waals surface area contributed by atoms with Crippen molar-refractivity contribution in [3.8, 4) is 0 Å². The van der Waals surface area contributed by atoms with E-state index >= 15 is 0 Å². The number of nitrogens with zero attached hydrogens (tertiary/aromatic N) is 3. The van der Waals surface area contributed by atoms with Crippen molar-refractivity contribution >= 4 is 22.9 Å². The fraction of sp³-hybridized carbons (Fsp3) is 1.00. The summed E-state index contributed by atoms with van der Waals surface area (Å²) in [5, 5.41) is 0. The highest BCUT2D eigenvalue weighted by Crippen LogP contribution is 2.40. The zero-order valence-electron chi connectivity index (χ0n) is 11.6. The van der Waals surface area contributed by atoms with E-state index in [2.05, 4.69) is 42.8 Å². The lowest BCUT2D eigenvalue weighted by Crippen LogP contribution is -2.53. The number of hydrogen-bond donors (Lipinski definition) is 0. The van der Waals surface area contributed by atoms with E-state index in [1.807, 2.05) is 0 Å². The van der Waals surface area contributed by atoms with Gasteiger partial charge in [-0.3, -0.25) is 0 Å². The van der Waals surface area contributed by atoms with Crippen molar-refractivity contribution in [2.75, 3.05) is 52.9 Å². The molecule has 3 heterocycles. The average Bonchev–Trinajstić information content (AvgIpc) is 2.32. The summed E-state index contributed by atoms with van der Waals surface area (Å²) >= 11 is 2.45. The quantitative estimate of drug-likeness (QED) is 0.550. The fourth-order valence-electron chi connectivity index (χ4n) is 3.95. The molecule has 3 fully saturated rings. The van der Waals surface area contributed by atoms with Gasteiger partial charge in [0, 0.05) is 49.0 Å². The van der Waals surface area contributed by atoms with E-state index in [9.17, 15) is 0 Å². The van der Waals surface area contributed by atoms with Gasteiger partial charge in [-0.25, -0.2) is 3.11 Å². The van der Waals surface area contributed by atoms with Gasteiger partial charge in [-0.1, -0.05) is 0 Å². The Morgan fingerprint density at radius 1 is 1.11 bits per heavy atom. The molecule has 0 unspecified atom stereocenters. The van der Waals surface area contributed by atoms with Gasteiger partial charge in [0.1, 0.15) is 0 Å². The molecule has 3 saturated heterocycles. The molecule has 0 aliphatic carbocycles. The van der Waals surface area contributed by atoms with Crippen LogP contribution in [0.5, 0.6) is 0 Å². The Kier molecular flexibility index (Phi) is 4.18. The first-order chi connectivity index (χ1) is 8.65. The van der Waals surface area contributed by atoms with Crippen molar-refractivity contribution in [2.24, 2.45) is 11.3 Å².